The first-order chi connectivity index (χ1) is 13.7. The Hall–Kier alpha value is -3.64. The van der Waals surface area contributed by atoms with Gasteiger partial charge >= 0.3 is 0 Å². The largest absolute Gasteiger partial charge is 0.381 e. The SMILES string of the molecule is CC1=C([N+](=O)[O-])C(=S(=O)=O)C(O)C(N=Nc2c(C)[nH]n(-c3ccccc3)c2=O)=C1. The second-order valence-electron chi connectivity index (χ2n) is 6.12. The second-order valence-corrected chi connectivity index (χ2v) is 7.03. The first-order valence-corrected chi connectivity index (χ1v) is 9.30. The van der Waals surface area contributed by atoms with E-state index in [1.807, 2.05) is 0 Å². The number of allylic oxidation sites excluding steroid dienone is 2. The van der Waals surface area contributed by atoms with Crippen molar-refractivity contribution in [1.82, 2.24) is 9.78 Å². The van der Waals surface area contributed by atoms with Crippen LogP contribution in [-0.2, 0) is 10.3 Å². The summed E-state index contributed by atoms with van der Waals surface area (Å²) in [5.41, 5.74) is -0.547. The quantitative estimate of drug-likeness (QED) is 0.331. The van der Waals surface area contributed by atoms with Gasteiger partial charge in [0.2, 0.25) is 10.3 Å². The third-order valence-corrected chi connectivity index (χ3v) is 4.96. The van der Waals surface area contributed by atoms with Gasteiger partial charge in [-0.2, -0.15) is 13.5 Å². The Morgan fingerprint density at radius 1 is 1.21 bits per heavy atom. The number of hydrogen-bond acceptors (Lipinski definition) is 8. The van der Waals surface area contributed by atoms with Crippen LogP contribution in [0.1, 0.15) is 12.6 Å². The molecule has 2 aromatic rings. The molecule has 2 N–H and O–H groups in total. The highest BCUT2D eigenvalue weighted by Gasteiger charge is 2.36. The third kappa shape index (κ3) is 3.70. The minimum Gasteiger partial charge on any atom is -0.381 e. The zero-order valence-electron chi connectivity index (χ0n) is 15.2. The number of azo groups is 1. The maximum Gasteiger partial charge on any atom is 0.299 e. The lowest BCUT2D eigenvalue weighted by molar-refractivity contribution is -0.416. The number of rotatable bonds is 4. The number of aliphatic hydroxyl groups excluding tert-OH is 1. The molecule has 0 amide bonds. The average molecular weight is 417 g/mol. The summed E-state index contributed by atoms with van der Waals surface area (Å²) >= 11 is 0. The van der Waals surface area contributed by atoms with Crippen molar-refractivity contribution in [2.24, 2.45) is 10.2 Å². The van der Waals surface area contributed by atoms with Gasteiger partial charge in [-0.25, -0.2) is 4.68 Å². The van der Waals surface area contributed by atoms with E-state index in [9.17, 15) is 28.4 Å². The van der Waals surface area contributed by atoms with Crippen molar-refractivity contribution in [1.29, 1.82) is 0 Å². The Kier molecular flexibility index (Phi) is 5.39. The van der Waals surface area contributed by atoms with Crippen molar-refractivity contribution >= 4 is 20.8 Å². The first kappa shape index (κ1) is 20.1. The van der Waals surface area contributed by atoms with E-state index in [4.69, 9.17) is 0 Å². The highest BCUT2D eigenvalue weighted by Crippen LogP contribution is 2.25. The first-order valence-electron chi connectivity index (χ1n) is 8.22. The standard InChI is InChI=1S/C17H15N5O6S/c1-9-8-12(15(23)16(29(27)28)14(9)22(25)26)18-19-13-10(2)20-21(17(13)24)11-6-4-3-5-7-11/h3-8,15,20,23H,1-2H3. The number of aryl methyl sites for hydroxylation is 1. The Labute approximate surface area is 165 Å². The van der Waals surface area contributed by atoms with Crippen LogP contribution in [-0.4, -0.2) is 39.2 Å². The summed E-state index contributed by atoms with van der Waals surface area (Å²) in [6, 6.07) is 8.73. The minimum atomic E-state index is -3.05. The molecule has 0 fully saturated rings. The molecule has 11 nitrogen and oxygen atoms in total. The summed E-state index contributed by atoms with van der Waals surface area (Å²) in [6.45, 7) is 2.91. The maximum absolute atomic E-state index is 12.6. The molecule has 1 unspecified atom stereocenters. The van der Waals surface area contributed by atoms with Gasteiger partial charge in [0.15, 0.2) is 10.6 Å². The van der Waals surface area contributed by atoms with Crippen LogP contribution in [0.3, 0.4) is 0 Å². The monoisotopic (exact) mass is 417 g/mol. The number of H-pyrrole nitrogens is 1. The predicted octanol–water partition coefficient (Wildman–Crippen LogP) is 1.42. The molecule has 0 saturated carbocycles. The molecule has 0 aliphatic heterocycles. The van der Waals surface area contributed by atoms with Gasteiger partial charge < -0.3 is 5.11 Å². The molecule has 0 spiro atoms. The zero-order chi connectivity index (χ0) is 21.3. The van der Waals surface area contributed by atoms with Crippen LogP contribution in [0.4, 0.5) is 5.69 Å². The predicted molar refractivity (Wildman–Crippen MR) is 103 cm³/mol. The molecule has 1 atom stereocenters. The number of aromatic amines is 1. The topological polar surface area (TPSA) is 160 Å². The fraction of sp³-hybridized carbons (Fsp3) is 0.176. The summed E-state index contributed by atoms with van der Waals surface area (Å²) < 4.78 is 24.1. The van der Waals surface area contributed by atoms with Crippen molar-refractivity contribution in [3.05, 3.63) is 79.5 Å². The van der Waals surface area contributed by atoms with Gasteiger partial charge in [0.25, 0.3) is 11.3 Å². The van der Waals surface area contributed by atoms with Crippen molar-refractivity contribution < 1.29 is 18.4 Å². The molecular weight excluding hydrogens is 402 g/mol. The van der Waals surface area contributed by atoms with Crippen LogP contribution in [0.5, 0.6) is 0 Å². The number of para-hydroxylation sites is 1. The molecular formula is C17H15N5O6S. The summed E-state index contributed by atoms with van der Waals surface area (Å²) in [5, 5.41) is 31.9. The van der Waals surface area contributed by atoms with Gasteiger partial charge in [-0.15, -0.1) is 5.11 Å². The van der Waals surface area contributed by atoms with Crippen molar-refractivity contribution in [3.8, 4) is 5.69 Å². The number of aliphatic hydroxyl groups is 1. The lowest BCUT2D eigenvalue weighted by Crippen LogP contribution is -2.31. The Balaban J connectivity index is 2.06. The normalized spacial score (nSPS) is 17.0. The molecule has 1 aromatic carbocycles. The smallest absolute Gasteiger partial charge is 0.299 e. The third-order valence-electron chi connectivity index (χ3n) is 4.18. The number of nitro groups is 1. The number of nitrogens with zero attached hydrogens (tertiary/aromatic N) is 4. The Bertz CT molecular complexity index is 1270. The molecule has 29 heavy (non-hydrogen) atoms. The number of benzene rings is 1. The van der Waals surface area contributed by atoms with Crippen molar-refractivity contribution in [3.63, 3.8) is 0 Å². The molecule has 1 heterocycles. The molecule has 0 saturated heterocycles. The van der Waals surface area contributed by atoms with Crippen LogP contribution in [0.2, 0.25) is 0 Å². The molecule has 0 radical (unpaired) electrons. The lowest BCUT2D eigenvalue weighted by Gasteiger charge is -2.15. The van der Waals surface area contributed by atoms with E-state index in [0.717, 1.165) is 6.08 Å². The van der Waals surface area contributed by atoms with E-state index in [2.05, 4.69) is 15.3 Å². The van der Waals surface area contributed by atoms with E-state index in [0.29, 0.717) is 11.4 Å². The maximum atomic E-state index is 12.6. The highest BCUT2D eigenvalue weighted by molar-refractivity contribution is 7.73. The Morgan fingerprint density at radius 3 is 2.45 bits per heavy atom. The van der Waals surface area contributed by atoms with Crippen molar-refractivity contribution in [2.45, 2.75) is 20.0 Å². The molecule has 150 valence electrons. The number of nitrogens with one attached hydrogen (secondary N) is 1. The van der Waals surface area contributed by atoms with E-state index in [1.165, 1.54) is 11.6 Å². The molecule has 1 aromatic heterocycles. The number of hydrogen-bond donors (Lipinski definition) is 2. The molecule has 1 aliphatic rings. The second kappa shape index (κ2) is 7.77. The average Bonchev–Trinajstić information content (AvgIpc) is 2.95. The van der Waals surface area contributed by atoms with Gasteiger partial charge in [-0.1, -0.05) is 18.2 Å². The van der Waals surface area contributed by atoms with Gasteiger partial charge in [0.05, 0.1) is 22.0 Å². The summed E-state index contributed by atoms with van der Waals surface area (Å²) in [5.74, 6) is 0. The van der Waals surface area contributed by atoms with Crippen LogP contribution in [0.25, 0.3) is 5.69 Å². The molecule has 1 aliphatic carbocycles. The lowest BCUT2D eigenvalue weighted by atomic mass is 9.99. The zero-order valence-corrected chi connectivity index (χ0v) is 16.0. The molecule has 3 rings (SSSR count). The van der Waals surface area contributed by atoms with Gasteiger partial charge in [-0.05, 0) is 32.1 Å². The van der Waals surface area contributed by atoms with E-state index >= 15 is 0 Å². The van der Waals surface area contributed by atoms with Crippen LogP contribution in [0.15, 0.2) is 68.4 Å². The van der Waals surface area contributed by atoms with Crippen LogP contribution >= 0.6 is 0 Å². The van der Waals surface area contributed by atoms with E-state index < -0.39 is 37.4 Å². The minimum absolute atomic E-state index is 0.0130. The van der Waals surface area contributed by atoms with Crippen LogP contribution < -0.4 is 5.56 Å². The summed E-state index contributed by atoms with van der Waals surface area (Å²) in [7, 11) is -3.05. The van der Waals surface area contributed by atoms with Crippen LogP contribution in [0, 0.1) is 17.0 Å². The fourth-order valence-corrected chi connectivity index (χ4v) is 3.53. The Morgan fingerprint density at radius 2 is 1.86 bits per heavy atom. The summed E-state index contributed by atoms with van der Waals surface area (Å²) in [6.07, 6.45) is -0.725. The van der Waals surface area contributed by atoms with Gasteiger partial charge in [0.1, 0.15) is 6.10 Å². The van der Waals surface area contributed by atoms with Crippen molar-refractivity contribution in [2.75, 3.05) is 0 Å². The van der Waals surface area contributed by atoms with E-state index in [1.54, 1.807) is 37.3 Å². The molecule has 12 heteroatoms. The highest BCUT2D eigenvalue weighted by atomic mass is 32.2. The van der Waals surface area contributed by atoms with Gasteiger partial charge in [0, 0.05) is 5.57 Å². The van der Waals surface area contributed by atoms with Gasteiger partial charge in [-0.3, -0.25) is 20.0 Å². The van der Waals surface area contributed by atoms with E-state index in [-0.39, 0.29) is 17.0 Å². The summed E-state index contributed by atoms with van der Waals surface area (Å²) in [4.78, 5) is 22.1. The number of aromatic nitrogens is 2. The fourth-order valence-electron chi connectivity index (χ4n) is 2.84. The molecule has 0 bridgehead atoms.